The van der Waals surface area contributed by atoms with Crippen LogP contribution in [0.25, 0.3) is 22.3 Å². The molecule has 2 unspecified atom stereocenters. The van der Waals surface area contributed by atoms with Crippen LogP contribution in [0.2, 0.25) is 0 Å². The molecule has 11 rings (SSSR count). The molecule has 516 valence electrons. The second kappa shape index (κ2) is 32.3. The van der Waals surface area contributed by atoms with Gasteiger partial charge in [-0.2, -0.15) is 0 Å². The maximum Gasteiger partial charge on any atom is 0.165 e. The second-order valence-electron chi connectivity index (χ2n) is 23.2. The van der Waals surface area contributed by atoms with E-state index in [1.165, 1.54) is 74.1 Å². The van der Waals surface area contributed by atoms with Crippen LogP contribution >= 0.6 is 23.5 Å². The Kier molecular flexibility index (Phi) is 23.1. The maximum absolute atomic E-state index is 15.9. The van der Waals surface area contributed by atoms with Crippen LogP contribution < -0.4 is 68.1 Å². The molecular formula is C74H78F6N8O8S2. The Balaban J connectivity index is 0.596. The molecule has 24 heteroatoms. The summed E-state index contributed by atoms with van der Waals surface area (Å²) in [4.78, 5) is 12.5. The molecule has 8 aromatic carbocycles. The highest BCUT2D eigenvalue weighted by atomic mass is 32.2. The van der Waals surface area contributed by atoms with Crippen molar-refractivity contribution in [1.29, 1.82) is 0 Å². The summed E-state index contributed by atoms with van der Waals surface area (Å²) in [5.74, 6) is 1.16. The average molecular weight is 1390 g/mol. The van der Waals surface area contributed by atoms with Gasteiger partial charge in [-0.25, -0.2) is 26.3 Å². The van der Waals surface area contributed by atoms with E-state index in [0.29, 0.717) is 93.0 Å². The molecule has 1 fully saturated rings. The lowest BCUT2D eigenvalue weighted by Crippen LogP contribution is -2.47. The number of anilines is 4. The number of nitrogens with one attached hydrogen (secondary N) is 2. The Morgan fingerprint density at radius 3 is 1.10 bits per heavy atom. The average Bonchev–Trinajstić information content (AvgIpc) is 1.58. The summed E-state index contributed by atoms with van der Waals surface area (Å²) in [5.41, 5.74) is 3.54. The van der Waals surface area contributed by atoms with Gasteiger partial charge in [0.05, 0.1) is 55.9 Å². The number of hydrogen-bond acceptors (Lipinski definition) is 18. The molecule has 3 aliphatic rings. The van der Waals surface area contributed by atoms with Crippen molar-refractivity contribution < 1.29 is 64.2 Å². The number of piperazine rings is 1. The fraction of sp³-hybridized carbons (Fsp3) is 0.297. The molecule has 0 saturated carbocycles. The minimum absolute atomic E-state index is 0.0200. The number of hydrogen-bond donors (Lipinski definition) is 2. The first kappa shape index (κ1) is 70.0. The van der Waals surface area contributed by atoms with Crippen molar-refractivity contribution in [3.63, 3.8) is 0 Å². The van der Waals surface area contributed by atoms with E-state index in [1.54, 1.807) is 102 Å². The summed E-state index contributed by atoms with van der Waals surface area (Å²) in [6.45, 7) is 6.53. The summed E-state index contributed by atoms with van der Waals surface area (Å²) in [6.07, 6.45) is 5.24. The van der Waals surface area contributed by atoms with Crippen molar-refractivity contribution >= 4 is 46.3 Å². The van der Waals surface area contributed by atoms with Gasteiger partial charge in [0.2, 0.25) is 0 Å². The Morgan fingerprint density at radius 1 is 0.398 bits per heavy atom. The van der Waals surface area contributed by atoms with Gasteiger partial charge in [0.1, 0.15) is 46.4 Å². The van der Waals surface area contributed by atoms with Gasteiger partial charge < -0.3 is 68.1 Å². The van der Waals surface area contributed by atoms with E-state index in [9.17, 15) is 8.78 Å². The molecule has 3 heterocycles. The first-order valence-corrected chi connectivity index (χ1v) is 33.9. The highest BCUT2D eigenvalue weighted by molar-refractivity contribution is 7.99. The van der Waals surface area contributed by atoms with E-state index >= 15 is 17.6 Å². The quantitative estimate of drug-likeness (QED) is 0.0328. The predicted molar refractivity (Wildman–Crippen MR) is 376 cm³/mol. The normalized spacial score (nSPS) is 15.4. The van der Waals surface area contributed by atoms with Crippen molar-refractivity contribution in [2.24, 2.45) is 0 Å². The molecule has 2 N–H and O–H groups in total. The van der Waals surface area contributed by atoms with Crippen LogP contribution in [0.3, 0.4) is 0 Å². The molecule has 2 atom stereocenters. The molecule has 8 aromatic rings. The Bertz CT molecular complexity index is 3830. The smallest absolute Gasteiger partial charge is 0.165 e. The lowest BCUT2D eigenvalue weighted by molar-refractivity contribution is 0.120. The minimum Gasteiger partial charge on any atom is -0.494 e. The third kappa shape index (κ3) is 16.1. The first-order valence-electron chi connectivity index (χ1n) is 31.8. The SMILES string of the molecule is COc1cc(N2C(N(C)c3ccc(OC)c(OC)c3)=CNC2SCc2c(F)cc(-c3ccc(OCCCN4CCN(CCCOc5ccc(-c6cc(F)c(CSC7NC=C(N(C)c8ccc(OC)c(OC)c8)N7c7ccc(F)c(OC)c7)c(F)c6)cc5)CC4)cc3)cc2F)ccc1F. The van der Waals surface area contributed by atoms with Gasteiger partial charge in [0.25, 0.3) is 0 Å². The van der Waals surface area contributed by atoms with Crippen LogP contribution in [0.5, 0.6) is 46.0 Å². The molecule has 16 nitrogen and oxygen atoms in total. The number of ether oxygens (including phenoxy) is 8. The standard InChI is InChI=1S/C74H78F6N8O8S2/c1-83(51-17-25-65(89-3)69(39-51)93-7)71-43-81-73(87(71)53-15-23-59(75)67(41-53)91-5)97-45-57-61(77)35-49(36-62(57)78)47-11-19-55(20-12-47)95-33-9-27-85-29-31-86(32-30-85)28-10-34-96-56-21-13-48(14-22-56)50-37-63(79)58(64(80)38-50)46-98-74-82-44-72(88(74)54-16-24-60(76)68(42-54)92-6)84(2)52-18-26-66(90-4)70(40-52)94-8/h11-26,35-44,73-74,81-82H,9-10,27-34,45-46H2,1-8H3. The van der Waals surface area contributed by atoms with Gasteiger partial charge >= 0.3 is 0 Å². The summed E-state index contributed by atoms with van der Waals surface area (Å²) in [7, 11) is 12.7. The van der Waals surface area contributed by atoms with Crippen LogP contribution in [0.15, 0.2) is 170 Å². The van der Waals surface area contributed by atoms with Gasteiger partial charge in [-0.3, -0.25) is 9.80 Å². The van der Waals surface area contributed by atoms with Crippen molar-refractivity contribution in [2.75, 3.05) is 129 Å². The number of halogens is 6. The zero-order valence-electron chi connectivity index (χ0n) is 55.7. The predicted octanol–water partition coefficient (Wildman–Crippen LogP) is 14.9. The summed E-state index contributed by atoms with van der Waals surface area (Å²) in [5, 5.41) is 6.68. The van der Waals surface area contributed by atoms with Crippen molar-refractivity contribution in [3.8, 4) is 68.2 Å². The topological polar surface area (TPSA) is 117 Å². The number of thioether (sulfide) groups is 2. The number of methoxy groups -OCH3 is 6. The third-order valence-electron chi connectivity index (χ3n) is 17.4. The number of rotatable bonds is 30. The van der Waals surface area contributed by atoms with Crippen LogP contribution in [0.1, 0.15) is 24.0 Å². The number of nitrogens with zero attached hydrogens (tertiary/aromatic N) is 6. The molecule has 0 spiro atoms. The van der Waals surface area contributed by atoms with E-state index in [2.05, 4.69) is 20.4 Å². The number of benzene rings is 8. The molecule has 0 bridgehead atoms. The Labute approximate surface area is 576 Å². The fourth-order valence-electron chi connectivity index (χ4n) is 11.9. The zero-order valence-corrected chi connectivity index (χ0v) is 57.3. The molecule has 0 aliphatic carbocycles. The zero-order chi connectivity index (χ0) is 69.0. The van der Waals surface area contributed by atoms with E-state index < -0.39 is 45.9 Å². The Hall–Kier alpha value is -9.36. The minimum atomic E-state index is -0.675. The summed E-state index contributed by atoms with van der Waals surface area (Å²) < 4.78 is 138. The van der Waals surface area contributed by atoms with E-state index in [4.69, 9.17) is 37.9 Å². The van der Waals surface area contributed by atoms with Gasteiger partial charge in [-0.05, 0) is 132 Å². The molecule has 1 saturated heterocycles. The Morgan fingerprint density at radius 2 is 0.755 bits per heavy atom. The molecule has 0 radical (unpaired) electrons. The first-order chi connectivity index (χ1) is 47.6. The molecule has 98 heavy (non-hydrogen) atoms. The van der Waals surface area contributed by atoms with Crippen LogP contribution in [-0.4, -0.2) is 130 Å². The van der Waals surface area contributed by atoms with Gasteiger partial charge in [0.15, 0.2) is 57.1 Å². The van der Waals surface area contributed by atoms with Crippen LogP contribution in [0.4, 0.5) is 49.1 Å². The van der Waals surface area contributed by atoms with Crippen molar-refractivity contribution in [2.45, 2.75) is 35.3 Å². The van der Waals surface area contributed by atoms with Crippen LogP contribution in [0, 0.1) is 34.9 Å². The maximum atomic E-state index is 15.9. The second-order valence-corrected chi connectivity index (χ2v) is 25.3. The highest BCUT2D eigenvalue weighted by Gasteiger charge is 2.34. The molecule has 0 aromatic heterocycles. The molecule has 3 aliphatic heterocycles. The summed E-state index contributed by atoms with van der Waals surface area (Å²) >= 11 is 2.54. The third-order valence-corrected chi connectivity index (χ3v) is 19.6. The van der Waals surface area contributed by atoms with E-state index in [-0.39, 0.29) is 34.1 Å². The fourth-order valence-corrected chi connectivity index (χ4v) is 14.2. The van der Waals surface area contributed by atoms with Crippen molar-refractivity contribution in [1.82, 2.24) is 20.4 Å². The van der Waals surface area contributed by atoms with Crippen LogP contribution in [-0.2, 0) is 11.5 Å². The molecular weight excluding hydrogens is 1310 g/mol. The summed E-state index contributed by atoms with van der Waals surface area (Å²) in [6, 6.07) is 39.8. The van der Waals surface area contributed by atoms with E-state index in [0.717, 1.165) is 63.5 Å². The van der Waals surface area contributed by atoms with Gasteiger partial charge in [-0.1, -0.05) is 24.3 Å². The highest BCUT2D eigenvalue weighted by Crippen LogP contribution is 2.43. The van der Waals surface area contributed by atoms with E-state index in [1.807, 2.05) is 82.2 Å². The van der Waals surface area contributed by atoms with Crippen molar-refractivity contribution in [3.05, 3.63) is 216 Å². The largest absolute Gasteiger partial charge is 0.494 e. The van der Waals surface area contributed by atoms with Gasteiger partial charge in [-0.15, -0.1) is 23.5 Å². The van der Waals surface area contributed by atoms with Gasteiger partial charge in [0, 0.05) is 135 Å². The monoisotopic (exact) mass is 1380 g/mol. The lowest BCUT2D eigenvalue weighted by atomic mass is 10.0. The lowest BCUT2D eigenvalue weighted by Gasteiger charge is -2.34. The molecule has 0 amide bonds.